The maximum Gasteiger partial charge on any atom is 0.411 e. The van der Waals surface area contributed by atoms with E-state index in [-0.39, 0.29) is 0 Å². The summed E-state index contributed by atoms with van der Waals surface area (Å²) >= 11 is 0. The topological polar surface area (TPSA) is 40.5 Å². The second-order valence-corrected chi connectivity index (χ2v) is 5.88. The Morgan fingerprint density at radius 1 is 1.24 bits per heavy atom. The molecule has 3 nitrogen and oxygen atoms in total. The SMILES string of the molecule is O=C(O)N1CCC2C1=c1ccccc1=CC1=CC=CCC12. The van der Waals surface area contributed by atoms with E-state index >= 15 is 0 Å². The molecule has 2 unspecified atom stereocenters. The van der Waals surface area contributed by atoms with Gasteiger partial charge in [0.25, 0.3) is 0 Å². The van der Waals surface area contributed by atoms with Crippen molar-refractivity contribution in [2.75, 3.05) is 6.54 Å². The van der Waals surface area contributed by atoms with Crippen LogP contribution in [0.15, 0.2) is 48.1 Å². The molecular formula is C18H17NO2. The molecule has 3 aliphatic rings. The quantitative estimate of drug-likeness (QED) is 0.790. The molecule has 0 spiro atoms. The third-order valence-electron chi connectivity index (χ3n) is 4.82. The number of allylic oxidation sites excluding steroid dienone is 4. The number of hydrogen-bond donors (Lipinski definition) is 1. The van der Waals surface area contributed by atoms with Crippen LogP contribution in [0.4, 0.5) is 4.79 Å². The summed E-state index contributed by atoms with van der Waals surface area (Å²) in [6.45, 7) is 0.608. The summed E-state index contributed by atoms with van der Waals surface area (Å²) in [5, 5.41) is 11.7. The molecule has 1 aromatic rings. The van der Waals surface area contributed by atoms with Gasteiger partial charge in [0.2, 0.25) is 0 Å². The van der Waals surface area contributed by atoms with Crippen molar-refractivity contribution in [1.82, 2.24) is 4.90 Å². The monoisotopic (exact) mass is 279 g/mol. The molecule has 1 amide bonds. The van der Waals surface area contributed by atoms with E-state index in [1.807, 2.05) is 12.1 Å². The summed E-state index contributed by atoms with van der Waals surface area (Å²) in [5.41, 5.74) is 2.33. The third kappa shape index (κ3) is 1.84. The Labute approximate surface area is 123 Å². The molecule has 1 fully saturated rings. The standard InChI is InChI=1S/C18H17NO2/c20-18(21)19-10-9-16-14-7-3-1-5-12(14)11-13-6-2-4-8-15(13)17(16)19/h1-6,8,11,14,16H,7,9-10H2,(H,20,21). The fourth-order valence-corrected chi connectivity index (χ4v) is 3.91. The van der Waals surface area contributed by atoms with E-state index in [4.69, 9.17) is 0 Å². The lowest BCUT2D eigenvalue weighted by Gasteiger charge is -2.26. The molecule has 1 aromatic carbocycles. The predicted octanol–water partition coefficient (Wildman–Crippen LogP) is 2.09. The van der Waals surface area contributed by atoms with E-state index < -0.39 is 6.09 Å². The summed E-state index contributed by atoms with van der Waals surface area (Å²) in [6.07, 6.45) is 9.80. The number of hydrogen-bond acceptors (Lipinski definition) is 1. The Hall–Kier alpha value is -2.29. The van der Waals surface area contributed by atoms with Gasteiger partial charge in [-0.2, -0.15) is 0 Å². The highest BCUT2D eigenvalue weighted by Gasteiger charge is 2.39. The minimum absolute atomic E-state index is 0.303. The van der Waals surface area contributed by atoms with Crippen molar-refractivity contribution in [1.29, 1.82) is 0 Å². The summed E-state index contributed by atoms with van der Waals surface area (Å²) < 4.78 is 0. The predicted molar refractivity (Wildman–Crippen MR) is 81.7 cm³/mol. The molecule has 106 valence electrons. The highest BCUT2D eigenvalue weighted by atomic mass is 16.4. The molecule has 21 heavy (non-hydrogen) atoms. The number of amides is 1. The van der Waals surface area contributed by atoms with Gasteiger partial charge in [-0.05, 0) is 29.6 Å². The summed E-state index contributed by atoms with van der Waals surface area (Å²) in [7, 11) is 0. The van der Waals surface area contributed by atoms with E-state index in [1.54, 1.807) is 4.90 Å². The van der Waals surface area contributed by atoms with Crippen molar-refractivity contribution in [2.24, 2.45) is 11.8 Å². The molecule has 0 radical (unpaired) electrons. The van der Waals surface area contributed by atoms with Gasteiger partial charge in [-0.15, -0.1) is 0 Å². The zero-order valence-corrected chi connectivity index (χ0v) is 11.7. The van der Waals surface area contributed by atoms with Gasteiger partial charge in [-0.3, -0.25) is 4.90 Å². The maximum absolute atomic E-state index is 11.6. The van der Waals surface area contributed by atoms with Gasteiger partial charge in [-0.1, -0.05) is 48.6 Å². The summed E-state index contributed by atoms with van der Waals surface area (Å²) in [5.74, 6) is 0.707. The first-order valence-electron chi connectivity index (χ1n) is 7.44. The van der Waals surface area contributed by atoms with Crippen molar-refractivity contribution in [3.63, 3.8) is 0 Å². The zero-order chi connectivity index (χ0) is 14.4. The first-order chi connectivity index (χ1) is 10.3. The van der Waals surface area contributed by atoms with Gasteiger partial charge in [0.15, 0.2) is 0 Å². The van der Waals surface area contributed by atoms with Crippen LogP contribution < -0.4 is 10.4 Å². The van der Waals surface area contributed by atoms with Gasteiger partial charge >= 0.3 is 6.09 Å². The molecule has 2 atom stereocenters. The van der Waals surface area contributed by atoms with E-state index in [1.165, 1.54) is 5.57 Å². The van der Waals surface area contributed by atoms with E-state index in [0.29, 0.717) is 18.4 Å². The molecule has 3 heteroatoms. The number of rotatable bonds is 0. The molecule has 1 saturated heterocycles. The molecule has 1 heterocycles. The first-order valence-corrected chi connectivity index (χ1v) is 7.44. The van der Waals surface area contributed by atoms with Crippen LogP contribution in [0, 0.1) is 11.8 Å². The third-order valence-corrected chi connectivity index (χ3v) is 4.82. The first kappa shape index (κ1) is 12.5. The zero-order valence-electron chi connectivity index (χ0n) is 11.7. The number of benzene rings is 1. The number of nitrogens with zero attached hydrogens (tertiary/aromatic N) is 1. The number of fused-ring (bicyclic) bond motifs is 4. The Morgan fingerprint density at radius 3 is 2.95 bits per heavy atom. The largest absolute Gasteiger partial charge is 0.465 e. The molecule has 0 aromatic heterocycles. The van der Waals surface area contributed by atoms with Crippen LogP contribution in [0.3, 0.4) is 0 Å². The van der Waals surface area contributed by atoms with Gasteiger partial charge in [0.05, 0.1) is 0 Å². The van der Waals surface area contributed by atoms with Gasteiger partial charge < -0.3 is 5.11 Å². The van der Waals surface area contributed by atoms with Crippen LogP contribution in [0.1, 0.15) is 12.8 Å². The van der Waals surface area contributed by atoms with Crippen molar-refractivity contribution in [3.05, 3.63) is 58.5 Å². The Kier molecular flexibility index (Phi) is 2.74. The van der Waals surface area contributed by atoms with Crippen LogP contribution in [0.5, 0.6) is 0 Å². The molecule has 1 aliphatic heterocycles. The number of carbonyl (C=O) groups is 1. The van der Waals surface area contributed by atoms with Crippen molar-refractivity contribution < 1.29 is 9.90 Å². The second kappa shape index (κ2) is 4.62. The molecule has 2 aliphatic carbocycles. The smallest absolute Gasteiger partial charge is 0.411 e. The van der Waals surface area contributed by atoms with Gasteiger partial charge in [0, 0.05) is 23.4 Å². The van der Waals surface area contributed by atoms with Crippen LogP contribution >= 0.6 is 0 Å². The average Bonchev–Trinajstić information content (AvgIpc) is 2.88. The fraction of sp³-hybridized carbons (Fsp3) is 0.278. The van der Waals surface area contributed by atoms with E-state index in [9.17, 15) is 9.90 Å². The average molecular weight is 279 g/mol. The van der Waals surface area contributed by atoms with Gasteiger partial charge in [-0.25, -0.2) is 4.79 Å². The van der Waals surface area contributed by atoms with Crippen LogP contribution in [0.25, 0.3) is 11.8 Å². The lowest BCUT2D eigenvalue weighted by atomic mass is 9.79. The minimum Gasteiger partial charge on any atom is -0.465 e. The molecule has 1 N–H and O–H groups in total. The second-order valence-electron chi connectivity index (χ2n) is 5.88. The number of carboxylic acid groups (broad SMARTS) is 1. The van der Waals surface area contributed by atoms with Gasteiger partial charge in [0.1, 0.15) is 0 Å². The molecule has 4 rings (SSSR count). The van der Waals surface area contributed by atoms with Crippen molar-refractivity contribution in [2.45, 2.75) is 12.8 Å². The summed E-state index contributed by atoms with van der Waals surface area (Å²) in [6, 6.07) is 8.15. The van der Waals surface area contributed by atoms with Crippen molar-refractivity contribution >= 4 is 17.9 Å². The Morgan fingerprint density at radius 2 is 2.10 bits per heavy atom. The van der Waals surface area contributed by atoms with E-state index in [2.05, 4.69) is 36.4 Å². The van der Waals surface area contributed by atoms with Crippen molar-refractivity contribution in [3.8, 4) is 0 Å². The summed E-state index contributed by atoms with van der Waals surface area (Å²) in [4.78, 5) is 13.2. The van der Waals surface area contributed by atoms with Crippen LogP contribution in [0.2, 0.25) is 0 Å². The minimum atomic E-state index is -0.832. The normalized spacial score (nSPS) is 26.2. The highest BCUT2D eigenvalue weighted by molar-refractivity contribution is 5.78. The number of likely N-dealkylation sites (tertiary alicyclic amines) is 1. The molecular weight excluding hydrogens is 262 g/mol. The molecule has 0 saturated carbocycles. The maximum atomic E-state index is 11.6. The fourth-order valence-electron chi connectivity index (χ4n) is 3.91. The molecule has 0 bridgehead atoms. The Bertz CT molecular complexity index is 788. The lowest BCUT2D eigenvalue weighted by molar-refractivity contribution is 0.169. The van der Waals surface area contributed by atoms with E-state index in [0.717, 1.165) is 29.0 Å². The lowest BCUT2D eigenvalue weighted by Crippen LogP contribution is -2.35. The van der Waals surface area contributed by atoms with Crippen LogP contribution in [-0.4, -0.2) is 22.6 Å². The highest BCUT2D eigenvalue weighted by Crippen LogP contribution is 2.41. The van der Waals surface area contributed by atoms with Crippen LogP contribution in [-0.2, 0) is 0 Å². The Balaban J connectivity index is 2.05.